The van der Waals surface area contributed by atoms with Gasteiger partial charge in [-0.3, -0.25) is 4.79 Å². The van der Waals surface area contributed by atoms with E-state index in [0.29, 0.717) is 6.42 Å². The first-order valence-corrected chi connectivity index (χ1v) is 5.72. The van der Waals surface area contributed by atoms with Crippen LogP contribution in [0.25, 0.3) is 0 Å². The van der Waals surface area contributed by atoms with Crippen molar-refractivity contribution in [3.8, 4) is 0 Å². The molecule has 0 aliphatic carbocycles. The second-order valence-electron chi connectivity index (χ2n) is 3.52. The molecule has 2 N–H and O–H groups in total. The highest BCUT2D eigenvalue weighted by molar-refractivity contribution is 6.34. The average molecular weight is 272 g/mol. The van der Waals surface area contributed by atoms with Crippen LogP contribution in [0.5, 0.6) is 0 Å². The number of methoxy groups -OCH3 is 1. The lowest BCUT2D eigenvalue weighted by molar-refractivity contribution is -0.140. The summed E-state index contributed by atoms with van der Waals surface area (Å²) in [5.74, 6) is -0.939. The standard InChI is InChI=1S/C12H14ClNO4/c1-17-10(15)6-3-7-18-12(16)11-8(13)4-2-5-9(11)14/h2,4-5H,3,6-7,14H2,1H3. The van der Waals surface area contributed by atoms with Gasteiger partial charge in [0, 0.05) is 12.1 Å². The van der Waals surface area contributed by atoms with E-state index in [2.05, 4.69) is 4.74 Å². The van der Waals surface area contributed by atoms with Crippen LogP contribution in [0.4, 0.5) is 5.69 Å². The van der Waals surface area contributed by atoms with Gasteiger partial charge in [-0.2, -0.15) is 0 Å². The van der Waals surface area contributed by atoms with Gasteiger partial charge < -0.3 is 15.2 Å². The molecule has 0 heterocycles. The van der Waals surface area contributed by atoms with Gasteiger partial charge in [-0.05, 0) is 18.6 Å². The van der Waals surface area contributed by atoms with Crippen molar-refractivity contribution >= 4 is 29.2 Å². The number of benzene rings is 1. The van der Waals surface area contributed by atoms with Crippen molar-refractivity contribution in [2.45, 2.75) is 12.8 Å². The molecule has 6 heteroatoms. The molecule has 1 aromatic rings. The SMILES string of the molecule is COC(=O)CCCOC(=O)c1c(N)cccc1Cl. The van der Waals surface area contributed by atoms with Crippen molar-refractivity contribution in [1.82, 2.24) is 0 Å². The Morgan fingerprint density at radius 2 is 2.11 bits per heavy atom. The van der Waals surface area contributed by atoms with Crippen molar-refractivity contribution in [2.24, 2.45) is 0 Å². The smallest absolute Gasteiger partial charge is 0.341 e. The molecule has 0 radical (unpaired) electrons. The first-order valence-electron chi connectivity index (χ1n) is 5.34. The Hall–Kier alpha value is -1.75. The largest absolute Gasteiger partial charge is 0.469 e. The molecule has 0 aromatic heterocycles. The molecule has 5 nitrogen and oxygen atoms in total. The van der Waals surface area contributed by atoms with Gasteiger partial charge in [-0.25, -0.2) is 4.79 Å². The number of carbonyl (C=O) groups excluding carboxylic acids is 2. The van der Waals surface area contributed by atoms with Crippen LogP contribution in [-0.2, 0) is 14.3 Å². The number of carbonyl (C=O) groups is 2. The number of hydrogen-bond acceptors (Lipinski definition) is 5. The molecule has 0 bridgehead atoms. The van der Waals surface area contributed by atoms with Crippen LogP contribution in [0.2, 0.25) is 5.02 Å². The third kappa shape index (κ3) is 3.92. The number of halogens is 1. The minimum atomic E-state index is -0.594. The van der Waals surface area contributed by atoms with Crippen LogP contribution in [0, 0.1) is 0 Å². The van der Waals surface area contributed by atoms with Gasteiger partial charge in [0.05, 0.1) is 18.7 Å². The molecule has 0 saturated carbocycles. The summed E-state index contributed by atoms with van der Waals surface area (Å²) in [6, 6.07) is 4.77. The van der Waals surface area contributed by atoms with Crippen LogP contribution >= 0.6 is 11.6 Å². The maximum atomic E-state index is 11.7. The average Bonchev–Trinajstić information content (AvgIpc) is 2.34. The molecule has 1 aromatic carbocycles. The second kappa shape index (κ2) is 6.86. The molecule has 1 rings (SSSR count). The van der Waals surface area contributed by atoms with Gasteiger partial charge in [0.1, 0.15) is 5.56 Å². The highest BCUT2D eigenvalue weighted by Crippen LogP contribution is 2.22. The number of anilines is 1. The van der Waals surface area contributed by atoms with Gasteiger partial charge >= 0.3 is 11.9 Å². The van der Waals surface area contributed by atoms with Gasteiger partial charge in [0.15, 0.2) is 0 Å². The van der Waals surface area contributed by atoms with Crippen LogP contribution in [-0.4, -0.2) is 25.7 Å². The van der Waals surface area contributed by atoms with E-state index in [0.717, 1.165) is 0 Å². The first-order chi connectivity index (χ1) is 8.56. The number of nitrogen functional groups attached to an aromatic ring is 1. The monoisotopic (exact) mass is 271 g/mol. The summed E-state index contributed by atoms with van der Waals surface area (Å²) in [5.41, 5.74) is 6.05. The van der Waals surface area contributed by atoms with E-state index in [4.69, 9.17) is 22.1 Å². The zero-order valence-corrected chi connectivity index (χ0v) is 10.7. The summed E-state index contributed by atoms with van der Waals surface area (Å²) in [5, 5.41) is 0.243. The van der Waals surface area contributed by atoms with Crippen molar-refractivity contribution in [3.05, 3.63) is 28.8 Å². The Morgan fingerprint density at radius 3 is 2.72 bits per heavy atom. The van der Waals surface area contributed by atoms with Gasteiger partial charge in [0.2, 0.25) is 0 Å². The van der Waals surface area contributed by atoms with Crippen molar-refractivity contribution in [1.29, 1.82) is 0 Å². The highest BCUT2D eigenvalue weighted by atomic mass is 35.5. The fraction of sp³-hybridized carbons (Fsp3) is 0.333. The van der Waals surface area contributed by atoms with E-state index in [-0.39, 0.29) is 35.3 Å². The summed E-state index contributed by atoms with van der Waals surface area (Å²) in [6.45, 7) is 0.110. The lowest BCUT2D eigenvalue weighted by atomic mass is 10.2. The molecule has 18 heavy (non-hydrogen) atoms. The Kier molecular flexibility index (Phi) is 5.45. The van der Waals surface area contributed by atoms with E-state index in [1.54, 1.807) is 18.2 Å². The summed E-state index contributed by atoms with van der Waals surface area (Å²) in [4.78, 5) is 22.5. The number of esters is 2. The third-order valence-corrected chi connectivity index (χ3v) is 2.55. The Balaban J connectivity index is 2.49. The van der Waals surface area contributed by atoms with Crippen LogP contribution in [0.1, 0.15) is 23.2 Å². The number of rotatable bonds is 5. The normalized spacial score (nSPS) is 9.89. The van der Waals surface area contributed by atoms with Gasteiger partial charge in [-0.1, -0.05) is 17.7 Å². The summed E-state index contributed by atoms with van der Waals surface area (Å²) < 4.78 is 9.43. The summed E-state index contributed by atoms with van der Waals surface area (Å²) >= 11 is 5.86. The maximum absolute atomic E-state index is 11.7. The van der Waals surface area contributed by atoms with E-state index in [9.17, 15) is 9.59 Å². The minimum absolute atomic E-state index is 0.110. The van der Waals surface area contributed by atoms with E-state index >= 15 is 0 Å². The zero-order valence-electron chi connectivity index (χ0n) is 9.94. The van der Waals surface area contributed by atoms with Crippen molar-refractivity contribution in [2.75, 3.05) is 19.5 Å². The molecular formula is C12H14ClNO4. The van der Waals surface area contributed by atoms with E-state index in [1.165, 1.54) is 7.11 Å². The summed E-state index contributed by atoms with van der Waals surface area (Å²) in [7, 11) is 1.30. The zero-order chi connectivity index (χ0) is 13.5. The Morgan fingerprint density at radius 1 is 1.39 bits per heavy atom. The molecule has 0 amide bonds. The number of nitrogens with two attached hydrogens (primary N) is 1. The molecule has 0 fully saturated rings. The lowest BCUT2D eigenvalue weighted by Gasteiger charge is -2.08. The molecule has 0 aliphatic heterocycles. The minimum Gasteiger partial charge on any atom is -0.469 e. The first kappa shape index (κ1) is 14.3. The number of ether oxygens (including phenoxy) is 2. The van der Waals surface area contributed by atoms with Gasteiger partial charge in [0.25, 0.3) is 0 Å². The fourth-order valence-corrected chi connectivity index (χ4v) is 1.57. The van der Waals surface area contributed by atoms with Gasteiger partial charge in [-0.15, -0.1) is 0 Å². The molecule has 0 atom stereocenters. The fourth-order valence-electron chi connectivity index (χ4n) is 1.31. The van der Waals surface area contributed by atoms with Crippen molar-refractivity contribution in [3.63, 3.8) is 0 Å². The molecule has 0 spiro atoms. The maximum Gasteiger partial charge on any atom is 0.341 e. The number of hydrogen-bond donors (Lipinski definition) is 1. The van der Waals surface area contributed by atoms with Crippen LogP contribution in [0.15, 0.2) is 18.2 Å². The molecule has 0 saturated heterocycles. The van der Waals surface area contributed by atoms with E-state index in [1.807, 2.05) is 0 Å². The topological polar surface area (TPSA) is 78.6 Å². The molecular weight excluding hydrogens is 258 g/mol. The molecule has 0 unspecified atom stereocenters. The quantitative estimate of drug-likeness (QED) is 0.504. The predicted octanol–water partition coefficient (Wildman–Crippen LogP) is 2.03. The third-order valence-electron chi connectivity index (χ3n) is 2.24. The predicted molar refractivity (Wildman–Crippen MR) is 67.4 cm³/mol. The van der Waals surface area contributed by atoms with Crippen molar-refractivity contribution < 1.29 is 19.1 Å². The lowest BCUT2D eigenvalue weighted by Crippen LogP contribution is -2.11. The highest BCUT2D eigenvalue weighted by Gasteiger charge is 2.15. The Labute approximate surface area is 110 Å². The molecule has 98 valence electrons. The van der Waals surface area contributed by atoms with Crippen LogP contribution < -0.4 is 5.73 Å². The Bertz CT molecular complexity index is 427. The summed E-state index contributed by atoms with van der Waals surface area (Å²) in [6.07, 6.45) is 0.588. The van der Waals surface area contributed by atoms with Crippen LogP contribution in [0.3, 0.4) is 0 Å². The second-order valence-corrected chi connectivity index (χ2v) is 3.93. The van der Waals surface area contributed by atoms with E-state index < -0.39 is 5.97 Å². The molecule has 0 aliphatic rings.